The molecule has 2 rings (SSSR count). The summed E-state index contributed by atoms with van der Waals surface area (Å²) in [7, 11) is 1.23. The number of carbonyl (C=O) groups excluding carboxylic acids is 2. The molecule has 1 N–H and O–H groups in total. The summed E-state index contributed by atoms with van der Waals surface area (Å²) < 4.78 is 38.9. The van der Waals surface area contributed by atoms with Gasteiger partial charge in [0.1, 0.15) is 0 Å². The number of pyridine rings is 1. The number of methoxy groups -OCH3 is 1. The summed E-state index contributed by atoms with van der Waals surface area (Å²) >= 11 is 5.85. The third kappa shape index (κ3) is 5.52. The van der Waals surface area contributed by atoms with Gasteiger partial charge >= 0.3 is 12.6 Å². The molecule has 0 bridgehead atoms. The normalized spacial score (nSPS) is 11.6. The molecule has 0 saturated carbocycles. The van der Waals surface area contributed by atoms with Crippen LogP contribution in [0.4, 0.5) is 14.5 Å². The number of carbonyl (C=O) groups is 2. The topological polar surface area (TPSA) is 86.8 Å². The third-order valence-electron chi connectivity index (χ3n) is 3.29. The number of amides is 1. The van der Waals surface area contributed by atoms with Crippen LogP contribution < -0.4 is 14.8 Å². The van der Waals surface area contributed by atoms with Crippen LogP contribution >= 0.6 is 11.6 Å². The van der Waals surface area contributed by atoms with Crippen molar-refractivity contribution in [2.75, 3.05) is 12.4 Å². The molecule has 0 fully saturated rings. The highest BCUT2D eigenvalue weighted by atomic mass is 35.5. The minimum absolute atomic E-state index is 0.00692. The Balaban J connectivity index is 2.05. The van der Waals surface area contributed by atoms with Crippen molar-refractivity contribution < 1.29 is 32.6 Å². The molecule has 1 amide bonds. The Kier molecular flexibility index (Phi) is 6.89. The first-order valence-electron chi connectivity index (χ1n) is 7.57. The van der Waals surface area contributed by atoms with Gasteiger partial charge in [-0.1, -0.05) is 11.6 Å². The van der Waals surface area contributed by atoms with E-state index >= 15 is 0 Å². The second-order valence-corrected chi connectivity index (χ2v) is 5.48. The van der Waals surface area contributed by atoms with Crippen LogP contribution in [0.15, 0.2) is 36.5 Å². The Morgan fingerprint density at radius 1 is 1.22 bits per heavy atom. The van der Waals surface area contributed by atoms with Crippen LogP contribution in [0, 0.1) is 0 Å². The number of anilines is 1. The minimum Gasteiger partial charge on any atom is -0.493 e. The average Bonchev–Trinajstić information content (AvgIpc) is 2.63. The van der Waals surface area contributed by atoms with Crippen LogP contribution in [0.25, 0.3) is 0 Å². The van der Waals surface area contributed by atoms with E-state index in [1.807, 2.05) is 0 Å². The molecule has 0 aliphatic rings. The second-order valence-electron chi connectivity index (χ2n) is 5.12. The molecule has 1 atom stereocenters. The van der Waals surface area contributed by atoms with Gasteiger partial charge in [-0.15, -0.1) is 0 Å². The molecular weight excluding hydrogens is 386 g/mol. The van der Waals surface area contributed by atoms with Crippen LogP contribution in [0.5, 0.6) is 11.5 Å². The first-order chi connectivity index (χ1) is 12.8. The summed E-state index contributed by atoms with van der Waals surface area (Å²) in [5.41, 5.74) is 0.259. The van der Waals surface area contributed by atoms with Crippen molar-refractivity contribution in [1.82, 2.24) is 4.98 Å². The number of benzene rings is 1. The monoisotopic (exact) mass is 400 g/mol. The van der Waals surface area contributed by atoms with Gasteiger partial charge in [-0.2, -0.15) is 8.78 Å². The molecule has 0 saturated heterocycles. The highest BCUT2D eigenvalue weighted by Crippen LogP contribution is 2.29. The van der Waals surface area contributed by atoms with E-state index in [-0.39, 0.29) is 27.9 Å². The molecule has 0 radical (unpaired) electrons. The molecule has 1 aromatic carbocycles. The molecule has 10 heteroatoms. The number of rotatable bonds is 7. The molecule has 0 unspecified atom stereocenters. The van der Waals surface area contributed by atoms with Crippen molar-refractivity contribution in [3.63, 3.8) is 0 Å². The second kappa shape index (κ2) is 9.13. The Morgan fingerprint density at radius 3 is 2.59 bits per heavy atom. The zero-order valence-corrected chi connectivity index (χ0v) is 15.0. The molecule has 27 heavy (non-hydrogen) atoms. The fraction of sp³-hybridized carbons (Fsp3) is 0.235. The summed E-state index contributed by atoms with van der Waals surface area (Å²) in [4.78, 5) is 28.1. The van der Waals surface area contributed by atoms with Gasteiger partial charge in [-0.25, -0.2) is 9.78 Å². The van der Waals surface area contributed by atoms with Gasteiger partial charge in [0.15, 0.2) is 22.8 Å². The summed E-state index contributed by atoms with van der Waals surface area (Å²) in [6.07, 6.45) is 0.299. The van der Waals surface area contributed by atoms with Gasteiger partial charge in [0.05, 0.1) is 18.4 Å². The third-order valence-corrected chi connectivity index (χ3v) is 3.59. The highest BCUT2D eigenvalue weighted by molar-refractivity contribution is 6.32. The lowest BCUT2D eigenvalue weighted by atomic mass is 10.2. The summed E-state index contributed by atoms with van der Waals surface area (Å²) in [5.74, 6) is -1.79. The van der Waals surface area contributed by atoms with Gasteiger partial charge < -0.3 is 19.5 Å². The number of esters is 1. The Bertz CT molecular complexity index is 835. The maximum atomic E-state index is 12.3. The molecule has 1 heterocycles. The Labute approximate surface area is 158 Å². The number of hydrogen-bond acceptors (Lipinski definition) is 6. The van der Waals surface area contributed by atoms with E-state index in [0.717, 1.165) is 6.07 Å². The van der Waals surface area contributed by atoms with E-state index in [4.69, 9.17) is 21.1 Å². The number of alkyl halides is 2. The maximum absolute atomic E-state index is 12.3. The van der Waals surface area contributed by atoms with Crippen molar-refractivity contribution in [2.45, 2.75) is 19.6 Å². The quantitative estimate of drug-likeness (QED) is 0.565. The lowest BCUT2D eigenvalue weighted by Gasteiger charge is -2.15. The Hall–Kier alpha value is -2.94. The standard InChI is InChI=1S/C17H15ClF2N2O5/c1-9(15(23)22-11-4-3-7-21-14(11)18)26-16(24)10-5-6-12(27-17(19)20)13(8-10)25-2/h3-9,17H,1-2H3,(H,22,23)/t9-/m0/s1. The fourth-order valence-electron chi connectivity index (χ4n) is 1.98. The molecule has 7 nitrogen and oxygen atoms in total. The first-order valence-corrected chi connectivity index (χ1v) is 7.94. The van der Waals surface area contributed by atoms with Crippen LogP contribution in [-0.2, 0) is 9.53 Å². The van der Waals surface area contributed by atoms with Crippen LogP contribution in [0.3, 0.4) is 0 Å². The fourth-order valence-corrected chi connectivity index (χ4v) is 2.15. The van der Waals surface area contributed by atoms with Gasteiger partial charge in [0, 0.05) is 6.20 Å². The molecular formula is C17H15ClF2N2O5. The summed E-state index contributed by atoms with van der Waals surface area (Å²) in [5, 5.41) is 2.57. The largest absolute Gasteiger partial charge is 0.493 e. The van der Waals surface area contributed by atoms with Crippen LogP contribution in [0.1, 0.15) is 17.3 Å². The van der Waals surface area contributed by atoms with E-state index in [2.05, 4.69) is 15.0 Å². The summed E-state index contributed by atoms with van der Waals surface area (Å²) in [6, 6.07) is 6.64. The average molecular weight is 401 g/mol. The van der Waals surface area contributed by atoms with Crippen LogP contribution in [-0.4, -0.2) is 36.7 Å². The van der Waals surface area contributed by atoms with Crippen LogP contribution in [0.2, 0.25) is 5.15 Å². The van der Waals surface area contributed by atoms with Crippen molar-refractivity contribution in [1.29, 1.82) is 0 Å². The number of halogens is 3. The predicted molar refractivity (Wildman–Crippen MR) is 92.4 cm³/mol. The lowest BCUT2D eigenvalue weighted by molar-refractivity contribution is -0.123. The lowest BCUT2D eigenvalue weighted by Crippen LogP contribution is -2.30. The van der Waals surface area contributed by atoms with Crippen molar-refractivity contribution in [2.24, 2.45) is 0 Å². The molecule has 2 aromatic rings. The SMILES string of the molecule is COc1cc(C(=O)O[C@@H](C)C(=O)Nc2cccnc2Cl)ccc1OC(F)F. The number of nitrogens with one attached hydrogen (secondary N) is 1. The van der Waals surface area contributed by atoms with E-state index in [9.17, 15) is 18.4 Å². The first kappa shape index (κ1) is 20.4. The van der Waals surface area contributed by atoms with Gasteiger partial charge in [-0.05, 0) is 37.3 Å². The molecule has 1 aromatic heterocycles. The number of nitrogens with zero attached hydrogens (tertiary/aromatic N) is 1. The zero-order valence-electron chi connectivity index (χ0n) is 14.2. The van der Waals surface area contributed by atoms with Gasteiger partial charge in [0.2, 0.25) is 0 Å². The number of aromatic nitrogens is 1. The number of hydrogen-bond donors (Lipinski definition) is 1. The van der Waals surface area contributed by atoms with Crippen molar-refractivity contribution in [3.05, 3.63) is 47.2 Å². The molecule has 0 spiro atoms. The highest BCUT2D eigenvalue weighted by Gasteiger charge is 2.21. The van der Waals surface area contributed by atoms with Gasteiger partial charge in [0.25, 0.3) is 5.91 Å². The number of ether oxygens (including phenoxy) is 3. The smallest absolute Gasteiger partial charge is 0.387 e. The molecule has 0 aliphatic carbocycles. The van der Waals surface area contributed by atoms with Crippen molar-refractivity contribution in [3.8, 4) is 11.5 Å². The van der Waals surface area contributed by atoms with E-state index in [1.54, 1.807) is 6.07 Å². The minimum atomic E-state index is -3.04. The van der Waals surface area contributed by atoms with Crippen molar-refractivity contribution >= 4 is 29.2 Å². The van der Waals surface area contributed by atoms with E-state index in [1.165, 1.54) is 38.4 Å². The maximum Gasteiger partial charge on any atom is 0.387 e. The summed E-state index contributed by atoms with van der Waals surface area (Å²) in [6.45, 7) is -1.68. The van der Waals surface area contributed by atoms with E-state index in [0.29, 0.717) is 0 Å². The molecule has 144 valence electrons. The zero-order chi connectivity index (χ0) is 20.0. The Morgan fingerprint density at radius 2 is 1.96 bits per heavy atom. The molecule has 0 aliphatic heterocycles. The van der Waals surface area contributed by atoms with E-state index < -0.39 is 24.6 Å². The predicted octanol–water partition coefficient (Wildman–Crippen LogP) is 3.53. The van der Waals surface area contributed by atoms with Gasteiger partial charge in [-0.3, -0.25) is 4.79 Å².